The van der Waals surface area contributed by atoms with Crippen molar-refractivity contribution in [2.45, 2.75) is 12.8 Å². The van der Waals surface area contributed by atoms with E-state index in [1.54, 1.807) is 7.11 Å². The highest BCUT2D eigenvalue weighted by Crippen LogP contribution is 2.18. The molecule has 1 N–H and O–H groups in total. The van der Waals surface area contributed by atoms with Gasteiger partial charge in [0.15, 0.2) is 0 Å². The third-order valence-corrected chi connectivity index (χ3v) is 3.76. The first-order valence-corrected chi connectivity index (χ1v) is 7.29. The predicted molar refractivity (Wildman–Crippen MR) is 80.5 cm³/mol. The largest absolute Gasteiger partial charge is 0.385 e. The highest BCUT2D eigenvalue weighted by Gasteiger charge is 2.11. The number of rotatable bonds is 5. The number of aromatic nitrogens is 2. The lowest BCUT2D eigenvalue weighted by atomic mass is 10.3. The summed E-state index contributed by atoms with van der Waals surface area (Å²) < 4.78 is 7.19. The smallest absolute Gasteiger partial charge is 0.139 e. The Balaban J connectivity index is 1.76. The summed E-state index contributed by atoms with van der Waals surface area (Å²) in [5.41, 5.74) is 3.45. The quantitative estimate of drug-likeness (QED) is 0.835. The number of hydrogen-bond acceptors (Lipinski definition) is 4. The number of nitrogens with one attached hydrogen (secondary N) is 1. The van der Waals surface area contributed by atoms with Crippen LogP contribution in [0.25, 0.3) is 5.65 Å². The summed E-state index contributed by atoms with van der Waals surface area (Å²) in [5.74, 6) is 0. The maximum atomic E-state index is 5.09. The van der Waals surface area contributed by atoms with Gasteiger partial charge < -0.3 is 19.4 Å². The van der Waals surface area contributed by atoms with Gasteiger partial charge in [-0.2, -0.15) is 0 Å². The molecule has 1 fully saturated rings. The lowest BCUT2D eigenvalue weighted by molar-refractivity contribution is 0.195. The van der Waals surface area contributed by atoms with E-state index in [9.17, 15) is 0 Å². The van der Waals surface area contributed by atoms with Gasteiger partial charge in [-0.1, -0.05) is 0 Å². The second-order valence-electron chi connectivity index (χ2n) is 5.22. The number of piperazine rings is 1. The zero-order valence-corrected chi connectivity index (χ0v) is 12.0. The highest BCUT2D eigenvalue weighted by atomic mass is 16.5. The molecule has 0 aromatic carbocycles. The Morgan fingerprint density at radius 3 is 3.00 bits per heavy atom. The first-order chi connectivity index (χ1) is 9.86. The van der Waals surface area contributed by atoms with Gasteiger partial charge in [0, 0.05) is 64.0 Å². The van der Waals surface area contributed by atoms with Crippen LogP contribution in [0.4, 0.5) is 5.69 Å². The molecule has 0 aliphatic carbocycles. The maximum absolute atomic E-state index is 5.09. The van der Waals surface area contributed by atoms with Crippen molar-refractivity contribution in [1.29, 1.82) is 0 Å². The Morgan fingerprint density at radius 1 is 1.35 bits per heavy atom. The molecular weight excluding hydrogens is 252 g/mol. The van der Waals surface area contributed by atoms with E-state index >= 15 is 0 Å². The molecule has 3 heterocycles. The van der Waals surface area contributed by atoms with E-state index in [4.69, 9.17) is 9.72 Å². The van der Waals surface area contributed by atoms with E-state index in [1.165, 1.54) is 5.69 Å². The standard InChI is InChI=1S/C15H22N4O/c1-20-10-2-3-13-12-19-7-4-14(11-15(19)17-13)18-8-5-16-6-9-18/h4,7,11-12,16H,2-3,5-6,8-10H2,1H3. The van der Waals surface area contributed by atoms with E-state index in [0.717, 1.165) is 57.0 Å². The number of aryl methyl sites for hydroxylation is 1. The van der Waals surface area contributed by atoms with Gasteiger partial charge in [-0.05, 0) is 18.9 Å². The van der Waals surface area contributed by atoms with Crippen molar-refractivity contribution < 1.29 is 4.74 Å². The normalized spacial score (nSPS) is 15.9. The first kappa shape index (κ1) is 13.4. The van der Waals surface area contributed by atoms with Crippen LogP contribution in [0.15, 0.2) is 24.5 Å². The van der Waals surface area contributed by atoms with Gasteiger partial charge in [0.1, 0.15) is 5.65 Å². The molecule has 5 heteroatoms. The molecule has 0 saturated carbocycles. The van der Waals surface area contributed by atoms with Crippen molar-refractivity contribution in [1.82, 2.24) is 14.7 Å². The van der Waals surface area contributed by atoms with Crippen LogP contribution < -0.4 is 10.2 Å². The second-order valence-corrected chi connectivity index (χ2v) is 5.22. The molecule has 0 atom stereocenters. The molecule has 0 unspecified atom stereocenters. The predicted octanol–water partition coefficient (Wildman–Crippen LogP) is 1.32. The van der Waals surface area contributed by atoms with Crippen LogP contribution >= 0.6 is 0 Å². The number of nitrogens with zero attached hydrogens (tertiary/aromatic N) is 3. The fourth-order valence-corrected chi connectivity index (χ4v) is 2.66. The Hall–Kier alpha value is -1.59. The number of methoxy groups -OCH3 is 1. The molecule has 2 aromatic rings. The van der Waals surface area contributed by atoms with Gasteiger partial charge in [-0.15, -0.1) is 0 Å². The van der Waals surface area contributed by atoms with E-state index in [0.29, 0.717) is 0 Å². The maximum Gasteiger partial charge on any atom is 0.139 e. The SMILES string of the molecule is COCCCc1cn2ccc(N3CCNCC3)cc2n1. The minimum absolute atomic E-state index is 0.792. The molecule has 5 nitrogen and oxygen atoms in total. The minimum atomic E-state index is 0.792. The van der Waals surface area contributed by atoms with Crippen LogP contribution in [0.3, 0.4) is 0 Å². The van der Waals surface area contributed by atoms with Crippen LogP contribution in [0, 0.1) is 0 Å². The van der Waals surface area contributed by atoms with Crippen LogP contribution in [0.1, 0.15) is 12.1 Å². The summed E-state index contributed by atoms with van der Waals surface area (Å²) in [6.45, 7) is 5.04. The summed E-state index contributed by atoms with van der Waals surface area (Å²) in [5, 5.41) is 3.38. The Kier molecular flexibility index (Phi) is 4.18. The number of fused-ring (bicyclic) bond motifs is 1. The highest BCUT2D eigenvalue weighted by molar-refractivity contribution is 5.57. The zero-order valence-electron chi connectivity index (χ0n) is 12.0. The molecule has 0 amide bonds. The molecule has 0 bridgehead atoms. The topological polar surface area (TPSA) is 41.8 Å². The van der Waals surface area contributed by atoms with Crippen LogP contribution in [-0.2, 0) is 11.2 Å². The van der Waals surface area contributed by atoms with Crippen molar-refractivity contribution >= 4 is 11.3 Å². The van der Waals surface area contributed by atoms with Crippen molar-refractivity contribution in [3.05, 3.63) is 30.2 Å². The van der Waals surface area contributed by atoms with E-state index < -0.39 is 0 Å². The Labute approximate surface area is 119 Å². The summed E-state index contributed by atoms with van der Waals surface area (Å²) >= 11 is 0. The van der Waals surface area contributed by atoms with Crippen molar-refractivity contribution in [2.24, 2.45) is 0 Å². The minimum Gasteiger partial charge on any atom is -0.385 e. The monoisotopic (exact) mass is 274 g/mol. The van der Waals surface area contributed by atoms with Crippen molar-refractivity contribution in [3.63, 3.8) is 0 Å². The summed E-state index contributed by atoms with van der Waals surface area (Å²) in [6.07, 6.45) is 6.22. The van der Waals surface area contributed by atoms with Gasteiger partial charge in [0.2, 0.25) is 0 Å². The van der Waals surface area contributed by atoms with Gasteiger partial charge in [0.05, 0.1) is 5.69 Å². The lowest BCUT2D eigenvalue weighted by Gasteiger charge is -2.29. The van der Waals surface area contributed by atoms with Gasteiger partial charge in [0.25, 0.3) is 0 Å². The average Bonchev–Trinajstić information content (AvgIpc) is 2.90. The molecule has 2 aromatic heterocycles. The van der Waals surface area contributed by atoms with E-state index in [1.807, 2.05) is 0 Å². The third kappa shape index (κ3) is 2.94. The number of imidazole rings is 1. The van der Waals surface area contributed by atoms with Crippen LogP contribution in [0.5, 0.6) is 0 Å². The molecular formula is C15H22N4O. The molecule has 20 heavy (non-hydrogen) atoms. The summed E-state index contributed by atoms with van der Waals surface area (Å²) in [7, 11) is 1.74. The van der Waals surface area contributed by atoms with Gasteiger partial charge in [-0.3, -0.25) is 0 Å². The number of pyridine rings is 1. The molecule has 3 rings (SSSR count). The summed E-state index contributed by atoms with van der Waals surface area (Å²) in [4.78, 5) is 7.12. The number of hydrogen-bond donors (Lipinski definition) is 1. The first-order valence-electron chi connectivity index (χ1n) is 7.29. The average molecular weight is 274 g/mol. The van der Waals surface area contributed by atoms with Gasteiger partial charge in [-0.25, -0.2) is 4.98 Å². The van der Waals surface area contributed by atoms with E-state index in [-0.39, 0.29) is 0 Å². The molecule has 1 aliphatic heterocycles. The van der Waals surface area contributed by atoms with Crippen LogP contribution in [-0.4, -0.2) is 49.3 Å². The van der Waals surface area contributed by atoms with Gasteiger partial charge >= 0.3 is 0 Å². The third-order valence-electron chi connectivity index (χ3n) is 3.76. The molecule has 108 valence electrons. The zero-order chi connectivity index (χ0) is 13.8. The number of ether oxygens (including phenoxy) is 1. The molecule has 1 saturated heterocycles. The molecule has 0 spiro atoms. The number of anilines is 1. The fourth-order valence-electron chi connectivity index (χ4n) is 2.66. The molecule has 0 radical (unpaired) electrons. The molecule has 1 aliphatic rings. The van der Waals surface area contributed by atoms with Crippen molar-refractivity contribution in [2.75, 3.05) is 44.8 Å². The van der Waals surface area contributed by atoms with E-state index in [2.05, 4.69) is 39.1 Å². The fraction of sp³-hybridized carbons (Fsp3) is 0.533. The summed E-state index contributed by atoms with van der Waals surface area (Å²) in [6, 6.07) is 4.37. The lowest BCUT2D eigenvalue weighted by Crippen LogP contribution is -2.43. The van der Waals surface area contributed by atoms with Crippen LogP contribution in [0.2, 0.25) is 0 Å². The van der Waals surface area contributed by atoms with Crippen molar-refractivity contribution in [3.8, 4) is 0 Å². The second kappa shape index (κ2) is 6.24. The Bertz CT molecular complexity index is 560. The Morgan fingerprint density at radius 2 is 2.20 bits per heavy atom.